The van der Waals surface area contributed by atoms with Gasteiger partial charge in [0, 0.05) is 32.3 Å². The molecular formula is C20H15ClF4N4O6. The number of alkyl halides is 3. The number of pyridine rings is 2. The van der Waals surface area contributed by atoms with E-state index in [1.54, 1.807) is 0 Å². The highest BCUT2D eigenvalue weighted by molar-refractivity contribution is 6.31. The third kappa shape index (κ3) is 5.77. The summed E-state index contributed by atoms with van der Waals surface area (Å²) in [4.78, 5) is 43.3. The summed E-state index contributed by atoms with van der Waals surface area (Å²) in [6.07, 6.45) is -3.65. The minimum absolute atomic E-state index is 0.0741. The van der Waals surface area contributed by atoms with Crippen molar-refractivity contribution in [2.45, 2.75) is 13.1 Å². The van der Waals surface area contributed by atoms with Crippen LogP contribution in [-0.2, 0) is 22.8 Å². The lowest BCUT2D eigenvalue weighted by atomic mass is 10.3. The summed E-state index contributed by atoms with van der Waals surface area (Å²) < 4.78 is 69.8. The highest BCUT2D eigenvalue weighted by Gasteiger charge is 2.35. The van der Waals surface area contributed by atoms with Crippen LogP contribution in [0.2, 0.25) is 5.02 Å². The summed E-state index contributed by atoms with van der Waals surface area (Å²) in [5.41, 5.74) is -4.50. The van der Waals surface area contributed by atoms with Crippen LogP contribution in [0.5, 0.6) is 17.5 Å². The first kappa shape index (κ1) is 25.7. The zero-order valence-electron chi connectivity index (χ0n) is 17.9. The van der Waals surface area contributed by atoms with E-state index < -0.39 is 51.6 Å². The van der Waals surface area contributed by atoms with Gasteiger partial charge in [-0.3, -0.25) is 14.2 Å². The molecule has 3 rings (SSSR count). The second kappa shape index (κ2) is 10.1. The Morgan fingerprint density at radius 1 is 1.17 bits per heavy atom. The lowest BCUT2D eigenvalue weighted by Crippen LogP contribution is -2.41. The van der Waals surface area contributed by atoms with E-state index in [1.807, 2.05) is 0 Å². The quantitative estimate of drug-likeness (QED) is 0.266. The Bertz CT molecular complexity index is 1390. The Morgan fingerprint density at radius 2 is 1.89 bits per heavy atom. The molecule has 0 amide bonds. The number of hydrogen-bond donors (Lipinski definition) is 0. The highest BCUT2D eigenvalue weighted by Crippen LogP contribution is 2.34. The maximum absolute atomic E-state index is 14.6. The fourth-order valence-corrected chi connectivity index (χ4v) is 2.93. The molecule has 0 aliphatic rings. The number of carbonyl (C=O) groups is 1. The van der Waals surface area contributed by atoms with Crippen molar-refractivity contribution in [2.75, 3.05) is 13.2 Å². The molecule has 0 radical (unpaired) electrons. The van der Waals surface area contributed by atoms with E-state index in [0.29, 0.717) is 6.07 Å². The fourth-order valence-electron chi connectivity index (χ4n) is 2.75. The van der Waals surface area contributed by atoms with Gasteiger partial charge in [0.15, 0.2) is 17.4 Å². The summed E-state index contributed by atoms with van der Waals surface area (Å²) in [5.74, 6) is -3.41. The van der Waals surface area contributed by atoms with E-state index in [4.69, 9.17) is 25.8 Å². The van der Waals surface area contributed by atoms with Crippen LogP contribution in [0.15, 0.2) is 40.1 Å². The molecule has 0 N–H and O–H groups in total. The van der Waals surface area contributed by atoms with E-state index in [2.05, 4.69) is 9.97 Å². The van der Waals surface area contributed by atoms with E-state index in [-0.39, 0.29) is 40.0 Å². The molecule has 35 heavy (non-hydrogen) atoms. The Morgan fingerprint density at radius 3 is 2.54 bits per heavy atom. The Labute approximate surface area is 198 Å². The third-order valence-corrected chi connectivity index (χ3v) is 4.54. The number of rotatable bonds is 7. The van der Waals surface area contributed by atoms with Crippen molar-refractivity contribution in [1.29, 1.82) is 0 Å². The van der Waals surface area contributed by atoms with Gasteiger partial charge in [0.1, 0.15) is 23.9 Å². The molecule has 3 heterocycles. The number of aromatic nitrogens is 4. The van der Waals surface area contributed by atoms with Gasteiger partial charge in [-0.15, -0.1) is 0 Å². The monoisotopic (exact) mass is 518 g/mol. The topological polar surface area (TPSA) is 115 Å². The molecular weight excluding hydrogens is 504 g/mol. The van der Waals surface area contributed by atoms with Gasteiger partial charge in [-0.2, -0.15) is 18.2 Å². The normalized spacial score (nSPS) is 11.3. The molecule has 0 unspecified atom stereocenters. The van der Waals surface area contributed by atoms with Gasteiger partial charge in [-0.1, -0.05) is 11.6 Å². The van der Waals surface area contributed by atoms with Crippen molar-refractivity contribution >= 4 is 17.6 Å². The summed E-state index contributed by atoms with van der Waals surface area (Å²) >= 11 is 5.98. The standard InChI is InChI=1S/C20H15ClF4N4O6/c1-10(30)33-6-7-34-18-13(4-3-5-26-18)35-17-11(21)8-12(22)16(27-17)29-15(31)9-14(20(23,24)25)28(2)19(29)32/h3-5,8-9H,6-7H2,1-2H3. The smallest absolute Gasteiger partial charge is 0.431 e. The van der Waals surface area contributed by atoms with E-state index >= 15 is 0 Å². The fraction of sp³-hybridized carbons (Fsp3) is 0.250. The van der Waals surface area contributed by atoms with E-state index in [0.717, 1.165) is 7.05 Å². The maximum atomic E-state index is 14.6. The van der Waals surface area contributed by atoms with Crippen molar-refractivity contribution in [3.63, 3.8) is 0 Å². The molecule has 0 atom stereocenters. The van der Waals surface area contributed by atoms with Crippen molar-refractivity contribution in [1.82, 2.24) is 19.1 Å². The van der Waals surface area contributed by atoms with Crippen molar-refractivity contribution in [3.05, 3.63) is 67.8 Å². The highest BCUT2D eigenvalue weighted by atomic mass is 35.5. The lowest BCUT2D eigenvalue weighted by Gasteiger charge is -2.15. The van der Waals surface area contributed by atoms with Crippen LogP contribution in [-0.4, -0.2) is 38.3 Å². The van der Waals surface area contributed by atoms with Crippen LogP contribution in [0.4, 0.5) is 17.6 Å². The Kier molecular flexibility index (Phi) is 7.43. The molecule has 3 aromatic heterocycles. The van der Waals surface area contributed by atoms with Crippen molar-refractivity contribution < 1.29 is 36.6 Å². The Balaban J connectivity index is 2.01. The molecule has 0 aliphatic carbocycles. The van der Waals surface area contributed by atoms with Crippen LogP contribution in [0.25, 0.3) is 5.82 Å². The number of hydrogen-bond acceptors (Lipinski definition) is 8. The number of nitrogens with zero attached hydrogens (tertiary/aromatic N) is 4. The first-order chi connectivity index (χ1) is 16.4. The summed E-state index contributed by atoms with van der Waals surface area (Å²) in [7, 11) is 0.765. The number of esters is 1. The minimum Gasteiger partial charge on any atom is -0.471 e. The first-order valence-corrected chi connectivity index (χ1v) is 9.93. The van der Waals surface area contributed by atoms with Crippen molar-refractivity contribution in [3.8, 4) is 23.3 Å². The van der Waals surface area contributed by atoms with Gasteiger partial charge in [0.05, 0.1) is 0 Å². The lowest BCUT2D eigenvalue weighted by molar-refractivity contribution is -0.144. The van der Waals surface area contributed by atoms with Gasteiger partial charge < -0.3 is 14.2 Å². The molecule has 0 bridgehead atoms. The van der Waals surface area contributed by atoms with Crippen LogP contribution >= 0.6 is 11.6 Å². The largest absolute Gasteiger partial charge is 0.471 e. The average Bonchev–Trinajstić information content (AvgIpc) is 2.76. The van der Waals surface area contributed by atoms with E-state index in [1.165, 1.54) is 25.3 Å². The van der Waals surface area contributed by atoms with Gasteiger partial charge in [0.2, 0.25) is 5.88 Å². The van der Waals surface area contributed by atoms with Gasteiger partial charge >= 0.3 is 17.8 Å². The molecule has 0 fully saturated rings. The third-order valence-electron chi connectivity index (χ3n) is 4.27. The van der Waals surface area contributed by atoms with Gasteiger partial charge in [0.25, 0.3) is 11.4 Å². The van der Waals surface area contributed by atoms with Crippen molar-refractivity contribution in [2.24, 2.45) is 7.05 Å². The predicted molar refractivity (Wildman–Crippen MR) is 111 cm³/mol. The molecule has 0 saturated carbocycles. The second-order valence-corrected chi connectivity index (χ2v) is 7.13. The zero-order valence-corrected chi connectivity index (χ0v) is 18.7. The van der Waals surface area contributed by atoms with Crippen LogP contribution < -0.4 is 20.7 Å². The van der Waals surface area contributed by atoms with Crippen LogP contribution in [0, 0.1) is 5.82 Å². The molecule has 0 spiro atoms. The maximum Gasteiger partial charge on any atom is 0.431 e. The second-order valence-electron chi connectivity index (χ2n) is 6.72. The molecule has 3 aromatic rings. The summed E-state index contributed by atoms with van der Waals surface area (Å²) in [5, 5.41) is -0.391. The summed E-state index contributed by atoms with van der Waals surface area (Å²) in [6.45, 7) is 1.02. The van der Waals surface area contributed by atoms with E-state index in [9.17, 15) is 31.9 Å². The molecule has 0 aromatic carbocycles. The minimum atomic E-state index is -5.00. The number of halogens is 5. The van der Waals surface area contributed by atoms with Crippen LogP contribution in [0.1, 0.15) is 12.6 Å². The molecule has 0 aliphatic heterocycles. The van der Waals surface area contributed by atoms with Gasteiger partial charge in [-0.05, 0) is 12.1 Å². The average molecular weight is 519 g/mol. The predicted octanol–water partition coefficient (Wildman–Crippen LogP) is 2.87. The Hall–Kier alpha value is -3.94. The number of ether oxygens (including phenoxy) is 3. The molecule has 15 heteroatoms. The molecule has 0 saturated heterocycles. The first-order valence-electron chi connectivity index (χ1n) is 9.56. The molecule has 10 nitrogen and oxygen atoms in total. The SMILES string of the molecule is CC(=O)OCCOc1ncccc1Oc1nc(-n2c(=O)cc(C(F)(F)F)n(C)c2=O)c(F)cc1Cl. The summed E-state index contributed by atoms with van der Waals surface area (Å²) in [6, 6.07) is 3.62. The van der Waals surface area contributed by atoms with Crippen LogP contribution in [0.3, 0.4) is 0 Å². The number of carbonyl (C=O) groups excluding carboxylic acids is 1. The van der Waals surface area contributed by atoms with Gasteiger partial charge in [-0.25, -0.2) is 18.7 Å². The molecule has 186 valence electrons. The zero-order chi connectivity index (χ0) is 25.9.